The normalized spacial score (nSPS) is 18.3. The smallest absolute Gasteiger partial charge is 0.263 e. The van der Waals surface area contributed by atoms with Gasteiger partial charge in [0.2, 0.25) is 5.95 Å². The number of carbonyl (C=O) groups is 1. The lowest BCUT2D eigenvalue weighted by Crippen LogP contribution is -2.39. The molecule has 3 N–H and O–H groups in total. The van der Waals surface area contributed by atoms with Gasteiger partial charge in [-0.25, -0.2) is 9.97 Å². The molecule has 1 aliphatic carbocycles. The first kappa shape index (κ1) is 22.6. The Bertz CT molecular complexity index is 1290. The Morgan fingerprint density at radius 2 is 1.91 bits per heavy atom. The zero-order chi connectivity index (χ0) is 23.9. The summed E-state index contributed by atoms with van der Waals surface area (Å²) in [7, 11) is 0. The van der Waals surface area contributed by atoms with Crippen LogP contribution in [0.1, 0.15) is 73.0 Å². The summed E-state index contributed by atoms with van der Waals surface area (Å²) >= 11 is 0. The molecule has 0 aromatic carbocycles. The third kappa shape index (κ3) is 3.99. The predicted molar refractivity (Wildman–Crippen MR) is 130 cm³/mol. The van der Waals surface area contributed by atoms with Gasteiger partial charge in [0, 0.05) is 29.4 Å². The monoisotopic (exact) mass is 462 g/mol. The zero-order valence-corrected chi connectivity index (χ0v) is 19.6. The van der Waals surface area contributed by atoms with Gasteiger partial charge in [0.1, 0.15) is 11.5 Å². The Morgan fingerprint density at radius 1 is 1.18 bits per heavy atom. The van der Waals surface area contributed by atoms with Crippen molar-refractivity contribution in [2.75, 3.05) is 18.4 Å². The number of piperidine rings is 1. The molecule has 178 valence electrons. The van der Waals surface area contributed by atoms with Crippen molar-refractivity contribution >= 4 is 28.6 Å². The first-order valence-corrected chi connectivity index (χ1v) is 12.0. The summed E-state index contributed by atoms with van der Waals surface area (Å²) in [6.07, 6.45) is 8.54. The van der Waals surface area contributed by atoms with Crippen molar-refractivity contribution in [3.8, 4) is 0 Å². The fourth-order valence-electron chi connectivity index (χ4n) is 5.30. The van der Waals surface area contributed by atoms with E-state index in [2.05, 4.69) is 20.6 Å². The number of aryl methyl sites for hydroxylation is 1. The molecule has 4 heterocycles. The largest absolute Gasteiger partial charge is 0.385 e. The van der Waals surface area contributed by atoms with Gasteiger partial charge in [-0.15, -0.1) is 0 Å². The van der Waals surface area contributed by atoms with Crippen LogP contribution >= 0.6 is 0 Å². The first-order valence-electron chi connectivity index (χ1n) is 12.0. The van der Waals surface area contributed by atoms with Crippen molar-refractivity contribution in [2.24, 2.45) is 0 Å². The number of pyridine rings is 2. The molecule has 34 heavy (non-hydrogen) atoms. The lowest BCUT2D eigenvalue weighted by molar-refractivity contribution is 0.00566. The Morgan fingerprint density at radius 3 is 2.56 bits per heavy atom. The summed E-state index contributed by atoms with van der Waals surface area (Å²) < 4.78 is 1.70. The maximum absolute atomic E-state index is 13.3. The molecule has 9 heteroatoms. The third-order valence-electron chi connectivity index (χ3n) is 7.22. The minimum Gasteiger partial charge on any atom is -0.385 e. The van der Waals surface area contributed by atoms with Crippen LogP contribution in [-0.2, 0) is 5.60 Å². The van der Waals surface area contributed by atoms with Crippen molar-refractivity contribution in [1.29, 1.82) is 0 Å². The van der Waals surface area contributed by atoms with Crippen molar-refractivity contribution < 1.29 is 9.90 Å². The number of anilines is 2. The number of ketones is 1. The number of Topliss-reactive ketones (excluding diaryl/α,β-unsaturated/α-hetero) is 1. The maximum atomic E-state index is 13.3. The zero-order valence-electron chi connectivity index (χ0n) is 19.6. The fourth-order valence-corrected chi connectivity index (χ4v) is 5.30. The number of aromatic nitrogens is 4. The second kappa shape index (κ2) is 8.88. The van der Waals surface area contributed by atoms with E-state index in [0.717, 1.165) is 44.3 Å². The van der Waals surface area contributed by atoms with E-state index in [-0.39, 0.29) is 22.9 Å². The summed E-state index contributed by atoms with van der Waals surface area (Å²) in [4.78, 5) is 39.2. The summed E-state index contributed by atoms with van der Waals surface area (Å²) in [6, 6.07) is 3.70. The highest BCUT2D eigenvalue weighted by atomic mass is 16.3. The molecule has 1 saturated heterocycles. The van der Waals surface area contributed by atoms with Gasteiger partial charge in [-0.3, -0.25) is 14.2 Å². The first-order chi connectivity index (χ1) is 16.4. The van der Waals surface area contributed by atoms with Crippen LogP contribution in [-0.4, -0.2) is 43.5 Å². The molecule has 1 aliphatic heterocycles. The van der Waals surface area contributed by atoms with Crippen LogP contribution in [0.2, 0.25) is 0 Å². The minimum atomic E-state index is -0.862. The number of carbonyl (C=O) groups excluding carboxylic acids is 1. The second-order valence-corrected chi connectivity index (χ2v) is 9.44. The van der Waals surface area contributed by atoms with E-state index >= 15 is 0 Å². The van der Waals surface area contributed by atoms with Crippen molar-refractivity contribution in [3.05, 3.63) is 51.6 Å². The summed E-state index contributed by atoms with van der Waals surface area (Å²) in [6.45, 7) is 4.76. The lowest BCUT2D eigenvalue weighted by Gasteiger charge is -2.32. The highest BCUT2D eigenvalue weighted by Gasteiger charge is 2.31. The summed E-state index contributed by atoms with van der Waals surface area (Å²) in [5, 5.41) is 18.0. The summed E-state index contributed by atoms with van der Waals surface area (Å²) in [5.41, 5.74) is 1.04. The van der Waals surface area contributed by atoms with Gasteiger partial charge in [-0.1, -0.05) is 18.9 Å². The standard InChI is InChI=1S/C25H30N6O3/c1-15-19-14-28-24(29-20-8-7-17(13-27-20)25(34)9-11-26-12-10-25)30-22(19)31(18-5-3-4-6-18)23(33)21(15)16(2)32/h7-8,13-14,18,26,34H,3-6,9-12H2,1-2H3,(H,27,28,29,30). The highest BCUT2D eigenvalue weighted by Crippen LogP contribution is 2.33. The Balaban J connectivity index is 1.51. The van der Waals surface area contributed by atoms with Gasteiger partial charge >= 0.3 is 0 Å². The number of hydrogen-bond acceptors (Lipinski definition) is 8. The van der Waals surface area contributed by atoms with Crippen LogP contribution in [0.3, 0.4) is 0 Å². The summed E-state index contributed by atoms with van der Waals surface area (Å²) in [5.74, 6) is 0.639. The molecule has 3 aromatic heterocycles. The average Bonchev–Trinajstić information content (AvgIpc) is 3.34. The Hall–Kier alpha value is -3.17. The topological polar surface area (TPSA) is 122 Å². The molecule has 2 aliphatic rings. The van der Waals surface area contributed by atoms with Crippen LogP contribution in [0, 0.1) is 6.92 Å². The molecule has 9 nitrogen and oxygen atoms in total. The molecule has 0 bridgehead atoms. The van der Waals surface area contributed by atoms with Crippen LogP contribution in [0.4, 0.5) is 11.8 Å². The maximum Gasteiger partial charge on any atom is 0.263 e. The van der Waals surface area contributed by atoms with Crippen molar-refractivity contribution in [3.63, 3.8) is 0 Å². The quantitative estimate of drug-likeness (QED) is 0.495. The molecule has 0 radical (unpaired) electrons. The molecule has 0 spiro atoms. The third-order valence-corrected chi connectivity index (χ3v) is 7.22. The van der Waals surface area contributed by atoms with E-state index in [1.54, 1.807) is 30.0 Å². The van der Waals surface area contributed by atoms with Crippen LogP contribution in [0.5, 0.6) is 0 Å². The lowest BCUT2D eigenvalue weighted by atomic mass is 9.86. The molecule has 0 unspecified atom stereocenters. The number of aliphatic hydroxyl groups is 1. The molecule has 3 aromatic rings. The Kier molecular flexibility index (Phi) is 5.91. The van der Waals surface area contributed by atoms with Gasteiger partial charge in [0.05, 0.1) is 11.2 Å². The van der Waals surface area contributed by atoms with Crippen molar-refractivity contribution in [1.82, 2.24) is 24.8 Å². The molecular weight excluding hydrogens is 432 g/mol. The molecule has 2 fully saturated rings. The van der Waals surface area contributed by atoms with Gasteiger partial charge in [0.15, 0.2) is 5.78 Å². The number of nitrogens with zero attached hydrogens (tertiary/aromatic N) is 4. The minimum absolute atomic E-state index is 0.0274. The van der Waals surface area contributed by atoms with Gasteiger partial charge in [0.25, 0.3) is 5.56 Å². The predicted octanol–water partition coefficient (Wildman–Crippen LogP) is 3.13. The number of fused-ring (bicyclic) bond motifs is 1. The van der Waals surface area contributed by atoms with Crippen LogP contribution in [0.25, 0.3) is 11.0 Å². The van der Waals surface area contributed by atoms with Crippen LogP contribution < -0.4 is 16.2 Å². The molecular formula is C25H30N6O3. The van der Waals surface area contributed by atoms with E-state index in [4.69, 9.17) is 4.98 Å². The highest BCUT2D eigenvalue weighted by molar-refractivity contribution is 5.99. The van der Waals surface area contributed by atoms with E-state index in [1.807, 2.05) is 6.07 Å². The van der Waals surface area contributed by atoms with Crippen LogP contribution in [0.15, 0.2) is 29.3 Å². The average molecular weight is 463 g/mol. The molecule has 0 amide bonds. The van der Waals surface area contributed by atoms with E-state index in [9.17, 15) is 14.7 Å². The second-order valence-electron chi connectivity index (χ2n) is 9.44. The number of rotatable bonds is 5. The SMILES string of the molecule is CC(=O)c1c(C)c2cnc(Nc3ccc(C4(O)CCNCC4)cn3)nc2n(C2CCCC2)c1=O. The van der Waals surface area contributed by atoms with Gasteiger partial charge in [-0.05, 0) is 64.3 Å². The fraction of sp³-hybridized carbons (Fsp3) is 0.480. The molecule has 5 rings (SSSR count). The van der Waals surface area contributed by atoms with Crippen molar-refractivity contribution in [2.45, 2.75) is 64.0 Å². The Labute approximate surface area is 197 Å². The van der Waals surface area contributed by atoms with E-state index < -0.39 is 5.60 Å². The molecule has 0 atom stereocenters. The van der Waals surface area contributed by atoms with Gasteiger partial charge in [-0.2, -0.15) is 4.98 Å². The number of nitrogens with one attached hydrogen (secondary N) is 2. The van der Waals surface area contributed by atoms with E-state index in [0.29, 0.717) is 41.2 Å². The van der Waals surface area contributed by atoms with E-state index in [1.165, 1.54) is 6.92 Å². The number of hydrogen-bond donors (Lipinski definition) is 3. The van der Waals surface area contributed by atoms with Gasteiger partial charge < -0.3 is 15.7 Å². The molecule has 1 saturated carbocycles.